The number of rotatable bonds is 4. The Morgan fingerprint density at radius 2 is 2.19 bits per heavy atom. The van der Waals surface area contributed by atoms with E-state index in [2.05, 4.69) is 23.5 Å². The minimum atomic E-state index is -0.902. The monoisotopic (exact) mass is 240 g/mol. The van der Waals surface area contributed by atoms with Gasteiger partial charge in [0, 0.05) is 5.54 Å². The molecule has 0 aliphatic heterocycles. The predicted molar refractivity (Wildman–Crippen MR) is 64.2 cm³/mol. The molecule has 0 unspecified atom stereocenters. The molecule has 5 heteroatoms. The van der Waals surface area contributed by atoms with E-state index >= 15 is 0 Å². The number of carbonyl (C=O) groups is 1. The molecule has 0 aromatic carbocycles. The number of hydrogen-bond donors (Lipinski definition) is 2. The summed E-state index contributed by atoms with van der Waals surface area (Å²) >= 11 is 1.23. The lowest BCUT2D eigenvalue weighted by Crippen LogP contribution is -2.33. The first-order valence-electron chi connectivity index (χ1n) is 5.39. The van der Waals surface area contributed by atoms with Crippen molar-refractivity contribution in [3.8, 4) is 0 Å². The third-order valence-corrected chi connectivity index (χ3v) is 3.96. The third-order valence-electron chi connectivity index (χ3n) is 3.11. The highest BCUT2D eigenvalue weighted by atomic mass is 32.1. The Kier molecular flexibility index (Phi) is 2.66. The molecular formula is C11H16N2O2S. The second-order valence-electron chi connectivity index (χ2n) is 4.90. The maximum absolute atomic E-state index is 11.1. The molecule has 0 bridgehead atoms. The first kappa shape index (κ1) is 11.4. The number of carboxylic acid groups (broad SMARTS) is 1. The molecule has 1 aromatic rings. The lowest BCUT2D eigenvalue weighted by atomic mass is 9.99. The van der Waals surface area contributed by atoms with Crippen LogP contribution in [-0.4, -0.2) is 21.0 Å². The van der Waals surface area contributed by atoms with Gasteiger partial charge in [0.25, 0.3) is 0 Å². The van der Waals surface area contributed by atoms with Crippen LogP contribution in [0.15, 0.2) is 0 Å². The summed E-state index contributed by atoms with van der Waals surface area (Å²) < 4.78 is 4.10. The van der Waals surface area contributed by atoms with Gasteiger partial charge in [-0.05, 0) is 51.1 Å². The fourth-order valence-electron chi connectivity index (χ4n) is 1.91. The van der Waals surface area contributed by atoms with Crippen LogP contribution in [0.3, 0.4) is 0 Å². The van der Waals surface area contributed by atoms with E-state index in [0.29, 0.717) is 22.2 Å². The van der Waals surface area contributed by atoms with Gasteiger partial charge >= 0.3 is 5.97 Å². The molecular weight excluding hydrogens is 224 g/mol. The molecule has 0 radical (unpaired) electrons. The van der Waals surface area contributed by atoms with Crippen molar-refractivity contribution in [2.75, 3.05) is 5.32 Å². The van der Waals surface area contributed by atoms with Crippen molar-refractivity contribution >= 4 is 22.5 Å². The minimum Gasteiger partial charge on any atom is -0.478 e. The number of aryl methyl sites for hydroxylation is 1. The molecule has 0 spiro atoms. The van der Waals surface area contributed by atoms with Crippen molar-refractivity contribution in [3.63, 3.8) is 0 Å². The van der Waals surface area contributed by atoms with E-state index in [1.165, 1.54) is 24.4 Å². The number of hydrogen-bond acceptors (Lipinski definition) is 4. The molecule has 2 rings (SSSR count). The zero-order valence-electron chi connectivity index (χ0n) is 9.70. The molecule has 1 aromatic heterocycles. The first-order valence-corrected chi connectivity index (χ1v) is 6.17. The molecule has 4 nitrogen and oxygen atoms in total. The van der Waals surface area contributed by atoms with E-state index in [4.69, 9.17) is 5.11 Å². The molecule has 1 saturated carbocycles. The second kappa shape index (κ2) is 3.73. The summed E-state index contributed by atoms with van der Waals surface area (Å²) in [5, 5.41) is 13.1. The molecule has 16 heavy (non-hydrogen) atoms. The number of anilines is 1. The molecule has 1 heterocycles. The Hall–Kier alpha value is -1.10. The van der Waals surface area contributed by atoms with Crippen LogP contribution in [0.25, 0.3) is 0 Å². The molecule has 2 N–H and O–H groups in total. The van der Waals surface area contributed by atoms with Crippen LogP contribution in [0.1, 0.15) is 42.7 Å². The fourth-order valence-corrected chi connectivity index (χ4v) is 2.86. The lowest BCUT2D eigenvalue weighted by Gasteiger charge is -2.26. The summed E-state index contributed by atoms with van der Waals surface area (Å²) in [4.78, 5) is 11.1. The third kappa shape index (κ3) is 2.04. The van der Waals surface area contributed by atoms with Crippen LogP contribution >= 0.6 is 11.5 Å². The van der Waals surface area contributed by atoms with Gasteiger partial charge in [-0.3, -0.25) is 0 Å². The van der Waals surface area contributed by atoms with Crippen molar-refractivity contribution < 1.29 is 9.90 Å². The summed E-state index contributed by atoms with van der Waals surface area (Å²) in [6, 6.07) is 0. The zero-order valence-corrected chi connectivity index (χ0v) is 10.5. The van der Waals surface area contributed by atoms with Crippen LogP contribution < -0.4 is 5.32 Å². The fraction of sp³-hybridized carbons (Fsp3) is 0.636. The van der Waals surface area contributed by atoms with Crippen molar-refractivity contribution in [1.82, 2.24) is 4.37 Å². The second-order valence-corrected chi connectivity index (χ2v) is 5.67. The predicted octanol–water partition coefficient (Wildman–Crippen LogP) is 2.75. The van der Waals surface area contributed by atoms with Crippen molar-refractivity contribution in [3.05, 3.63) is 11.3 Å². The maximum atomic E-state index is 11.1. The highest BCUT2D eigenvalue weighted by Gasteiger charge is 2.38. The molecule has 1 fully saturated rings. The molecule has 1 aliphatic rings. The highest BCUT2D eigenvalue weighted by Crippen LogP contribution is 2.42. The minimum absolute atomic E-state index is 0.0385. The van der Waals surface area contributed by atoms with Gasteiger partial charge in [-0.2, -0.15) is 4.37 Å². The molecule has 0 amide bonds. The van der Waals surface area contributed by atoms with Gasteiger partial charge < -0.3 is 10.4 Å². The zero-order chi connectivity index (χ0) is 11.9. The summed E-state index contributed by atoms with van der Waals surface area (Å²) in [5.41, 5.74) is 0.869. The quantitative estimate of drug-likeness (QED) is 0.849. The van der Waals surface area contributed by atoms with Crippen molar-refractivity contribution in [2.45, 2.75) is 39.2 Å². The standard InChI is InChI=1S/C11H16N2O2S/c1-6-8(10(14)15)9(16-13-6)12-11(2,3)7-4-5-7/h7,12H,4-5H2,1-3H3,(H,14,15). The van der Waals surface area contributed by atoms with Gasteiger partial charge in [0.2, 0.25) is 0 Å². The smallest absolute Gasteiger partial charge is 0.340 e. The number of nitrogens with one attached hydrogen (secondary N) is 1. The summed E-state index contributed by atoms with van der Waals surface area (Å²) in [6.45, 7) is 5.96. The van der Waals surface area contributed by atoms with E-state index < -0.39 is 5.97 Å². The van der Waals surface area contributed by atoms with E-state index in [9.17, 15) is 4.79 Å². The molecule has 0 atom stereocenters. The highest BCUT2D eigenvalue weighted by molar-refractivity contribution is 7.10. The molecule has 88 valence electrons. The van der Waals surface area contributed by atoms with Crippen molar-refractivity contribution in [1.29, 1.82) is 0 Å². The Balaban J connectivity index is 2.24. The Morgan fingerprint density at radius 3 is 2.69 bits per heavy atom. The Morgan fingerprint density at radius 1 is 1.56 bits per heavy atom. The Labute approximate surface area is 98.9 Å². The topological polar surface area (TPSA) is 62.2 Å². The van der Waals surface area contributed by atoms with E-state index in [-0.39, 0.29) is 5.54 Å². The van der Waals surface area contributed by atoms with Crippen LogP contribution in [0.2, 0.25) is 0 Å². The molecule has 1 aliphatic carbocycles. The summed E-state index contributed by atoms with van der Waals surface area (Å²) in [7, 11) is 0. The summed E-state index contributed by atoms with van der Waals surface area (Å²) in [5.74, 6) is -0.253. The van der Waals surface area contributed by atoms with E-state index in [1.807, 2.05) is 0 Å². The van der Waals surface area contributed by atoms with Crippen LogP contribution in [-0.2, 0) is 0 Å². The average Bonchev–Trinajstić information content (AvgIpc) is 2.92. The first-order chi connectivity index (χ1) is 7.42. The largest absolute Gasteiger partial charge is 0.478 e. The number of carboxylic acids is 1. The molecule has 0 saturated heterocycles. The van der Waals surface area contributed by atoms with Crippen LogP contribution in [0.4, 0.5) is 5.00 Å². The normalized spacial score (nSPS) is 16.2. The Bertz CT molecular complexity index is 422. The van der Waals surface area contributed by atoms with Gasteiger partial charge in [-0.1, -0.05) is 0 Å². The van der Waals surface area contributed by atoms with E-state index in [1.54, 1.807) is 6.92 Å². The van der Waals surface area contributed by atoms with E-state index in [0.717, 1.165) is 0 Å². The van der Waals surface area contributed by atoms with Crippen LogP contribution in [0, 0.1) is 12.8 Å². The number of aromatic carboxylic acids is 1. The van der Waals surface area contributed by atoms with Crippen molar-refractivity contribution in [2.24, 2.45) is 5.92 Å². The van der Waals surface area contributed by atoms with Gasteiger partial charge in [0.15, 0.2) is 0 Å². The van der Waals surface area contributed by atoms with Gasteiger partial charge in [-0.25, -0.2) is 4.79 Å². The maximum Gasteiger partial charge on any atom is 0.340 e. The average molecular weight is 240 g/mol. The van der Waals surface area contributed by atoms with Gasteiger partial charge in [0.05, 0.1) is 5.69 Å². The number of nitrogens with zero attached hydrogens (tertiary/aromatic N) is 1. The van der Waals surface area contributed by atoms with Gasteiger partial charge in [-0.15, -0.1) is 0 Å². The van der Waals surface area contributed by atoms with Crippen LogP contribution in [0.5, 0.6) is 0 Å². The van der Waals surface area contributed by atoms with Gasteiger partial charge in [0.1, 0.15) is 10.6 Å². The summed E-state index contributed by atoms with van der Waals surface area (Å²) in [6.07, 6.45) is 2.44. The number of aromatic nitrogens is 1. The lowest BCUT2D eigenvalue weighted by molar-refractivity contribution is 0.0697. The SMILES string of the molecule is Cc1nsc(NC(C)(C)C2CC2)c1C(=O)O.